The maximum absolute atomic E-state index is 11.0. The van der Waals surface area contributed by atoms with Gasteiger partial charge in [-0.15, -0.1) is 0 Å². The number of pyridine rings is 1. The minimum Gasteiger partial charge on any atom is -0.327 e. The molecule has 1 aromatic rings. The van der Waals surface area contributed by atoms with Gasteiger partial charge < -0.3 is 4.98 Å². The summed E-state index contributed by atoms with van der Waals surface area (Å²) in [5, 5.41) is 8.44. The van der Waals surface area contributed by atoms with Gasteiger partial charge in [-0.3, -0.25) is 4.79 Å². The highest BCUT2D eigenvalue weighted by atomic mass is 32.2. The summed E-state index contributed by atoms with van der Waals surface area (Å²) >= 11 is 0. The number of H-pyrrole nitrogens is 1. The first-order valence-electron chi connectivity index (χ1n) is 3.28. The molecular formula is C7H6N2O3S. The Morgan fingerprint density at radius 2 is 2.15 bits per heavy atom. The lowest BCUT2D eigenvalue weighted by atomic mass is 10.3. The van der Waals surface area contributed by atoms with Crippen molar-refractivity contribution in [3.63, 3.8) is 0 Å². The number of sulfone groups is 1. The molecular weight excluding hydrogens is 192 g/mol. The smallest absolute Gasteiger partial charge is 0.265 e. The van der Waals surface area contributed by atoms with Gasteiger partial charge in [-0.2, -0.15) is 5.26 Å². The third-order valence-electron chi connectivity index (χ3n) is 1.43. The summed E-state index contributed by atoms with van der Waals surface area (Å²) in [6, 6.07) is 2.65. The first-order valence-corrected chi connectivity index (χ1v) is 5.17. The van der Waals surface area contributed by atoms with Gasteiger partial charge in [0.25, 0.3) is 5.56 Å². The molecule has 0 atom stereocenters. The number of nitrogens with one attached hydrogen (secondary N) is 1. The number of aromatic amines is 1. The zero-order valence-corrected chi connectivity index (χ0v) is 7.55. The van der Waals surface area contributed by atoms with E-state index >= 15 is 0 Å². The van der Waals surface area contributed by atoms with Crippen molar-refractivity contribution in [1.29, 1.82) is 5.26 Å². The zero-order valence-electron chi connectivity index (χ0n) is 6.73. The third kappa shape index (κ3) is 1.95. The SMILES string of the molecule is CS(=O)(=O)c1c[nH]c(=O)c(C#N)c1. The van der Waals surface area contributed by atoms with E-state index in [0.717, 1.165) is 18.5 Å². The van der Waals surface area contributed by atoms with Crippen molar-refractivity contribution in [3.05, 3.63) is 28.2 Å². The number of hydrogen-bond acceptors (Lipinski definition) is 4. The summed E-state index contributed by atoms with van der Waals surface area (Å²) in [6.45, 7) is 0. The monoisotopic (exact) mass is 198 g/mol. The van der Waals surface area contributed by atoms with Crippen LogP contribution in [0, 0.1) is 11.3 Å². The standard InChI is InChI=1S/C7H6N2O3S/c1-13(11,12)6-2-5(3-8)7(10)9-4-6/h2,4H,1H3,(H,9,10). The van der Waals surface area contributed by atoms with Crippen molar-refractivity contribution in [2.75, 3.05) is 6.26 Å². The molecule has 1 heterocycles. The summed E-state index contributed by atoms with van der Waals surface area (Å²) in [6.07, 6.45) is 2.07. The molecule has 1 aromatic heterocycles. The molecule has 68 valence electrons. The Labute approximate surface area is 74.6 Å². The number of nitriles is 1. The third-order valence-corrected chi connectivity index (χ3v) is 2.52. The molecule has 0 spiro atoms. The minimum atomic E-state index is -3.37. The van der Waals surface area contributed by atoms with Crippen LogP contribution in [0.5, 0.6) is 0 Å². The summed E-state index contributed by atoms with van der Waals surface area (Å²) in [5.41, 5.74) is -0.794. The average molecular weight is 198 g/mol. The van der Waals surface area contributed by atoms with Crippen LogP contribution >= 0.6 is 0 Å². The quantitative estimate of drug-likeness (QED) is 0.667. The van der Waals surface area contributed by atoms with E-state index in [0.29, 0.717) is 0 Å². The average Bonchev–Trinajstić information content (AvgIpc) is 2.03. The molecule has 6 heteroatoms. The lowest BCUT2D eigenvalue weighted by molar-refractivity contribution is 0.601. The molecule has 0 aliphatic rings. The molecule has 0 aromatic carbocycles. The first-order chi connectivity index (χ1) is 5.95. The van der Waals surface area contributed by atoms with Gasteiger partial charge in [0.2, 0.25) is 0 Å². The van der Waals surface area contributed by atoms with E-state index in [9.17, 15) is 13.2 Å². The molecule has 0 bridgehead atoms. The summed E-state index contributed by atoms with van der Waals surface area (Å²) in [4.78, 5) is 13.0. The van der Waals surface area contributed by atoms with Crippen molar-refractivity contribution >= 4 is 9.84 Å². The van der Waals surface area contributed by atoms with Crippen LogP contribution in [-0.4, -0.2) is 19.7 Å². The van der Waals surface area contributed by atoms with Crippen molar-refractivity contribution in [2.45, 2.75) is 4.90 Å². The Bertz CT molecular complexity index is 521. The lowest BCUT2D eigenvalue weighted by Crippen LogP contribution is -2.11. The van der Waals surface area contributed by atoms with Crippen LogP contribution in [0.15, 0.2) is 22.0 Å². The fourth-order valence-electron chi connectivity index (χ4n) is 0.761. The van der Waals surface area contributed by atoms with Crippen molar-refractivity contribution in [2.24, 2.45) is 0 Å². The lowest BCUT2D eigenvalue weighted by Gasteiger charge is -1.96. The van der Waals surface area contributed by atoms with E-state index < -0.39 is 15.4 Å². The van der Waals surface area contributed by atoms with E-state index in [4.69, 9.17) is 5.26 Å². The van der Waals surface area contributed by atoms with E-state index in [-0.39, 0.29) is 10.5 Å². The van der Waals surface area contributed by atoms with Crippen LogP contribution in [0.2, 0.25) is 0 Å². The van der Waals surface area contributed by atoms with Gasteiger partial charge in [-0.1, -0.05) is 0 Å². The molecule has 0 saturated carbocycles. The molecule has 13 heavy (non-hydrogen) atoms. The molecule has 0 saturated heterocycles. The molecule has 0 radical (unpaired) electrons. The van der Waals surface area contributed by atoms with Gasteiger partial charge in [0.1, 0.15) is 11.6 Å². The van der Waals surface area contributed by atoms with Gasteiger partial charge in [-0.05, 0) is 6.07 Å². The van der Waals surface area contributed by atoms with E-state index in [1.54, 1.807) is 6.07 Å². The van der Waals surface area contributed by atoms with Crippen molar-refractivity contribution < 1.29 is 8.42 Å². The molecule has 0 aliphatic carbocycles. The predicted molar refractivity (Wildman–Crippen MR) is 44.9 cm³/mol. The Hall–Kier alpha value is -1.61. The normalized spacial score (nSPS) is 10.8. The highest BCUT2D eigenvalue weighted by Crippen LogP contribution is 2.05. The fraction of sp³-hybridized carbons (Fsp3) is 0.143. The van der Waals surface area contributed by atoms with Crippen LogP contribution in [0.1, 0.15) is 5.56 Å². The zero-order chi connectivity index (χ0) is 10.1. The second kappa shape index (κ2) is 3.03. The van der Waals surface area contributed by atoms with Gasteiger partial charge in [0.05, 0.1) is 4.90 Å². The summed E-state index contributed by atoms with van der Waals surface area (Å²) in [5.74, 6) is 0. The summed E-state index contributed by atoms with van der Waals surface area (Å²) < 4.78 is 22.0. The number of rotatable bonds is 1. The van der Waals surface area contributed by atoms with Crippen LogP contribution in [-0.2, 0) is 9.84 Å². The van der Waals surface area contributed by atoms with Crippen LogP contribution in [0.25, 0.3) is 0 Å². The Morgan fingerprint density at radius 3 is 2.62 bits per heavy atom. The number of nitrogens with zero attached hydrogens (tertiary/aromatic N) is 1. The van der Waals surface area contributed by atoms with Crippen LogP contribution in [0.3, 0.4) is 0 Å². The highest BCUT2D eigenvalue weighted by Gasteiger charge is 2.09. The van der Waals surface area contributed by atoms with Gasteiger partial charge in [-0.25, -0.2) is 8.42 Å². The van der Waals surface area contributed by atoms with Crippen LogP contribution in [0.4, 0.5) is 0 Å². The molecule has 1 rings (SSSR count). The maximum Gasteiger partial charge on any atom is 0.265 e. The molecule has 0 amide bonds. The van der Waals surface area contributed by atoms with Crippen molar-refractivity contribution in [3.8, 4) is 6.07 Å². The fourth-order valence-corrected chi connectivity index (χ4v) is 1.37. The molecule has 0 unspecified atom stereocenters. The predicted octanol–water partition coefficient (Wildman–Crippen LogP) is -0.350. The second-order valence-electron chi connectivity index (χ2n) is 2.46. The molecule has 0 aliphatic heterocycles. The van der Waals surface area contributed by atoms with Gasteiger partial charge in [0, 0.05) is 12.5 Å². The van der Waals surface area contributed by atoms with E-state index in [1.165, 1.54) is 0 Å². The number of hydrogen-bond donors (Lipinski definition) is 1. The molecule has 5 nitrogen and oxygen atoms in total. The minimum absolute atomic E-state index is 0.0661. The maximum atomic E-state index is 11.0. The van der Waals surface area contributed by atoms with Crippen LogP contribution < -0.4 is 5.56 Å². The highest BCUT2D eigenvalue weighted by molar-refractivity contribution is 7.90. The molecule has 0 fully saturated rings. The second-order valence-corrected chi connectivity index (χ2v) is 4.48. The Kier molecular flexibility index (Phi) is 2.21. The Morgan fingerprint density at radius 1 is 1.54 bits per heavy atom. The van der Waals surface area contributed by atoms with Crippen molar-refractivity contribution in [1.82, 2.24) is 4.98 Å². The topological polar surface area (TPSA) is 90.8 Å². The summed E-state index contributed by atoms with van der Waals surface area (Å²) in [7, 11) is -3.37. The van der Waals surface area contributed by atoms with E-state index in [2.05, 4.69) is 4.98 Å². The first kappa shape index (κ1) is 9.48. The van der Waals surface area contributed by atoms with Gasteiger partial charge in [0.15, 0.2) is 9.84 Å². The number of aromatic nitrogens is 1. The Balaban J connectivity index is 3.50. The van der Waals surface area contributed by atoms with E-state index in [1.807, 2.05) is 0 Å². The van der Waals surface area contributed by atoms with Gasteiger partial charge >= 0.3 is 0 Å². The largest absolute Gasteiger partial charge is 0.327 e. The molecule has 1 N–H and O–H groups in total.